The van der Waals surface area contributed by atoms with Gasteiger partial charge in [0.1, 0.15) is 0 Å². The number of thioether (sulfide) groups is 1. The number of hydrogen-bond donors (Lipinski definition) is 1. The van der Waals surface area contributed by atoms with Gasteiger partial charge in [-0.3, -0.25) is 0 Å². The van der Waals surface area contributed by atoms with Crippen molar-refractivity contribution in [3.05, 3.63) is 60.7 Å². The van der Waals surface area contributed by atoms with Crippen LogP contribution in [-0.2, 0) is 0 Å². The van der Waals surface area contributed by atoms with E-state index in [-0.39, 0.29) is 4.75 Å². The van der Waals surface area contributed by atoms with Crippen molar-refractivity contribution >= 4 is 17.7 Å². The molecule has 2 aromatic carbocycles. The highest BCUT2D eigenvalue weighted by Gasteiger charge is 2.43. The summed E-state index contributed by atoms with van der Waals surface area (Å²) in [6.45, 7) is 0.861. The first-order valence-electron chi connectivity index (χ1n) is 7.66. The van der Waals surface area contributed by atoms with Gasteiger partial charge in [-0.25, -0.2) is 0 Å². The molecule has 0 unspecified atom stereocenters. The third-order valence-electron chi connectivity index (χ3n) is 3.92. The maximum atomic E-state index is 4.11. The number of anilines is 1. The largest absolute Gasteiger partial charge is 0.351 e. The fourth-order valence-electron chi connectivity index (χ4n) is 2.47. The smallest absolute Gasteiger partial charge is 0.247 e. The van der Waals surface area contributed by atoms with Crippen LogP contribution >= 0.6 is 11.8 Å². The summed E-state index contributed by atoms with van der Waals surface area (Å²) < 4.78 is 2.00. The highest BCUT2D eigenvalue weighted by atomic mass is 32.2. The van der Waals surface area contributed by atoms with E-state index in [4.69, 9.17) is 0 Å². The van der Waals surface area contributed by atoms with Crippen LogP contribution in [0, 0.1) is 0 Å². The summed E-state index contributed by atoms with van der Waals surface area (Å²) in [7, 11) is 0. The molecule has 116 valence electrons. The number of benzene rings is 2. The van der Waals surface area contributed by atoms with Crippen molar-refractivity contribution in [3.63, 3.8) is 0 Å². The zero-order valence-corrected chi connectivity index (χ0v) is 13.4. The number of rotatable bonds is 6. The molecule has 0 radical (unpaired) electrons. The van der Waals surface area contributed by atoms with Crippen LogP contribution in [0.4, 0.5) is 5.95 Å². The lowest BCUT2D eigenvalue weighted by atomic mass is 10.3. The van der Waals surface area contributed by atoms with Crippen molar-refractivity contribution in [2.45, 2.75) is 22.5 Å². The Morgan fingerprint density at radius 1 is 1.00 bits per heavy atom. The summed E-state index contributed by atoms with van der Waals surface area (Å²) in [6, 6.07) is 20.5. The molecule has 3 aromatic rings. The van der Waals surface area contributed by atoms with Gasteiger partial charge in [0.25, 0.3) is 0 Å². The molecule has 1 N–H and O–H groups in total. The van der Waals surface area contributed by atoms with Gasteiger partial charge in [-0.05, 0) is 47.5 Å². The van der Waals surface area contributed by atoms with E-state index in [1.54, 1.807) is 4.68 Å². The lowest BCUT2D eigenvalue weighted by Gasteiger charge is -2.16. The molecule has 23 heavy (non-hydrogen) atoms. The number of para-hydroxylation sites is 1. The molecule has 1 aromatic heterocycles. The Morgan fingerprint density at radius 3 is 2.39 bits per heavy atom. The van der Waals surface area contributed by atoms with Crippen molar-refractivity contribution in [2.75, 3.05) is 11.9 Å². The molecular weight excluding hydrogens is 306 g/mol. The molecule has 4 rings (SSSR count). The second-order valence-corrected chi connectivity index (χ2v) is 7.24. The normalized spacial score (nSPS) is 15.3. The van der Waals surface area contributed by atoms with Crippen molar-refractivity contribution in [1.82, 2.24) is 20.2 Å². The number of tetrazole rings is 1. The second-order valence-electron chi connectivity index (χ2n) is 5.70. The van der Waals surface area contributed by atoms with Crippen LogP contribution < -0.4 is 5.32 Å². The van der Waals surface area contributed by atoms with E-state index in [0.717, 1.165) is 12.2 Å². The third-order valence-corrected chi connectivity index (χ3v) is 5.42. The van der Waals surface area contributed by atoms with Gasteiger partial charge >= 0.3 is 0 Å². The van der Waals surface area contributed by atoms with E-state index in [0.29, 0.717) is 5.95 Å². The fourth-order valence-corrected chi connectivity index (χ4v) is 3.72. The zero-order valence-electron chi connectivity index (χ0n) is 12.6. The number of hydrogen-bond acceptors (Lipinski definition) is 5. The molecule has 1 aliphatic carbocycles. The standard InChI is InChI=1S/C17H17N5S/c1-3-7-14(8-4-1)22-16(19-20-21-22)18-13-17(11-12-17)23-15-9-5-2-6-10-15/h1-10H,11-13H2,(H,18,19,21). The summed E-state index contributed by atoms with van der Waals surface area (Å²) in [5.41, 5.74) is 0.959. The minimum atomic E-state index is 0.259. The summed E-state index contributed by atoms with van der Waals surface area (Å²) in [5, 5.41) is 15.4. The average molecular weight is 323 g/mol. The molecule has 6 heteroatoms. The van der Waals surface area contributed by atoms with Crippen LogP contribution in [0.1, 0.15) is 12.8 Å². The number of nitrogens with zero attached hydrogens (tertiary/aromatic N) is 4. The Morgan fingerprint density at radius 2 is 1.70 bits per heavy atom. The maximum Gasteiger partial charge on any atom is 0.247 e. The third kappa shape index (κ3) is 3.22. The van der Waals surface area contributed by atoms with Gasteiger partial charge in [0, 0.05) is 16.2 Å². The van der Waals surface area contributed by atoms with Crippen LogP contribution in [0.25, 0.3) is 5.69 Å². The van der Waals surface area contributed by atoms with Gasteiger partial charge in [-0.15, -0.1) is 11.8 Å². The summed E-state index contributed by atoms with van der Waals surface area (Å²) in [5.74, 6) is 0.691. The molecule has 1 saturated carbocycles. The molecule has 0 aliphatic heterocycles. The zero-order chi connectivity index (χ0) is 15.5. The van der Waals surface area contributed by atoms with E-state index < -0.39 is 0 Å². The van der Waals surface area contributed by atoms with Crippen molar-refractivity contribution in [1.29, 1.82) is 0 Å². The first kappa shape index (κ1) is 14.3. The van der Waals surface area contributed by atoms with Crippen LogP contribution in [-0.4, -0.2) is 31.5 Å². The van der Waals surface area contributed by atoms with Gasteiger partial charge in [0.2, 0.25) is 5.95 Å². The molecule has 0 saturated heterocycles. The van der Waals surface area contributed by atoms with E-state index >= 15 is 0 Å². The molecule has 1 aliphatic rings. The van der Waals surface area contributed by atoms with Gasteiger partial charge in [0.05, 0.1) is 5.69 Å². The van der Waals surface area contributed by atoms with Crippen molar-refractivity contribution < 1.29 is 0 Å². The van der Waals surface area contributed by atoms with E-state index in [1.807, 2.05) is 42.1 Å². The molecule has 5 nitrogen and oxygen atoms in total. The number of nitrogens with one attached hydrogen (secondary N) is 1. The predicted molar refractivity (Wildman–Crippen MR) is 91.9 cm³/mol. The van der Waals surface area contributed by atoms with Crippen LogP contribution in [0.3, 0.4) is 0 Å². The lowest BCUT2D eigenvalue weighted by molar-refractivity contribution is 0.787. The monoisotopic (exact) mass is 323 g/mol. The topological polar surface area (TPSA) is 55.6 Å². The molecule has 0 spiro atoms. The van der Waals surface area contributed by atoms with Crippen molar-refractivity contribution in [2.24, 2.45) is 0 Å². The van der Waals surface area contributed by atoms with Crippen molar-refractivity contribution in [3.8, 4) is 5.69 Å². The maximum absolute atomic E-state index is 4.11. The Bertz CT molecular complexity index is 768. The Hall–Kier alpha value is -2.34. The summed E-state index contributed by atoms with van der Waals surface area (Å²) in [4.78, 5) is 1.31. The molecule has 0 amide bonds. The Balaban J connectivity index is 1.45. The second kappa shape index (κ2) is 6.04. The molecule has 1 fully saturated rings. The first-order chi connectivity index (χ1) is 11.3. The van der Waals surface area contributed by atoms with E-state index in [2.05, 4.69) is 51.2 Å². The molecule has 1 heterocycles. The van der Waals surface area contributed by atoms with E-state index in [1.165, 1.54) is 17.7 Å². The van der Waals surface area contributed by atoms with Crippen LogP contribution in [0.15, 0.2) is 65.6 Å². The average Bonchev–Trinajstić information content (AvgIpc) is 3.20. The van der Waals surface area contributed by atoms with Gasteiger partial charge in [0.15, 0.2) is 0 Å². The summed E-state index contributed by atoms with van der Waals surface area (Å²) >= 11 is 1.94. The quantitative estimate of drug-likeness (QED) is 0.753. The van der Waals surface area contributed by atoms with Crippen LogP contribution in [0.5, 0.6) is 0 Å². The summed E-state index contributed by atoms with van der Waals surface area (Å²) in [6.07, 6.45) is 2.43. The minimum absolute atomic E-state index is 0.259. The molecule has 0 bridgehead atoms. The Labute approximate surface area is 139 Å². The minimum Gasteiger partial charge on any atom is -0.351 e. The predicted octanol–water partition coefficient (Wildman–Crippen LogP) is 3.40. The Kier molecular flexibility index (Phi) is 3.75. The van der Waals surface area contributed by atoms with Crippen LogP contribution in [0.2, 0.25) is 0 Å². The SMILES string of the molecule is c1ccc(SC2(CNc3nnnn3-c3ccccc3)CC2)cc1. The highest BCUT2D eigenvalue weighted by Crippen LogP contribution is 2.51. The number of aromatic nitrogens is 4. The van der Waals surface area contributed by atoms with Gasteiger partial charge < -0.3 is 5.32 Å². The lowest BCUT2D eigenvalue weighted by Crippen LogP contribution is -2.20. The van der Waals surface area contributed by atoms with E-state index in [9.17, 15) is 0 Å². The molecular formula is C17H17N5S. The first-order valence-corrected chi connectivity index (χ1v) is 8.48. The molecule has 0 atom stereocenters. The fraction of sp³-hybridized carbons (Fsp3) is 0.235. The van der Waals surface area contributed by atoms with Gasteiger partial charge in [-0.2, -0.15) is 4.68 Å². The highest BCUT2D eigenvalue weighted by molar-refractivity contribution is 8.01. The van der Waals surface area contributed by atoms with Gasteiger partial charge in [-0.1, -0.05) is 41.5 Å².